The van der Waals surface area contributed by atoms with E-state index in [0.717, 1.165) is 24.1 Å². The zero-order valence-corrected chi connectivity index (χ0v) is 15.8. The van der Waals surface area contributed by atoms with Gasteiger partial charge in [-0.2, -0.15) is 0 Å². The van der Waals surface area contributed by atoms with Crippen LogP contribution < -0.4 is 5.32 Å². The Balaban J connectivity index is 1.62. The second-order valence-electron chi connectivity index (χ2n) is 7.48. The molecule has 1 unspecified atom stereocenters. The summed E-state index contributed by atoms with van der Waals surface area (Å²) in [6.07, 6.45) is 5.51. The molecule has 0 aromatic heterocycles. The zero-order valence-electron chi connectivity index (χ0n) is 15.1. The third-order valence-corrected chi connectivity index (χ3v) is 5.95. The number of guanidine groups is 1. The molecule has 0 bridgehead atoms. The van der Waals surface area contributed by atoms with Crippen molar-refractivity contribution in [3.63, 3.8) is 0 Å². The molecule has 1 aliphatic heterocycles. The maximum Gasteiger partial charge on any atom is 0.193 e. The molecule has 1 atom stereocenters. The lowest BCUT2D eigenvalue weighted by molar-refractivity contribution is 0.151. The van der Waals surface area contributed by atoms with Gasteiger partial charge in [0.15, 0.2) is 5.96 Å². The van der Waals surface area contributed by atoms with Crippen LogP contribution in [-0.2, 0) is 0 Å². The van der Waals surface area contributed by atoms with Crippen LogP contribution in [0.15, 0.2) is 29.3 Å². The highest BCUT2D eigenvalue weighted by Gasteiger charge is 2.43. The number of nitrogens with zero attached hydrogens (tertiary/aromatic N) is 3. The lowest BCUT2D eigenvalue weighted by atomic mass is 9.68. The zero-order chi connectivity index (χ0) is 17.2. The number of likely N-dealkylation sites (N-methyl/N-ethyl adjacent to an activating group) is 1. The van der Waals surface area contributed by atoms with Crippen molar-refractivity contribution >= 4 is 17.6 Å². The molecule has 0 amide bonds. The molecule has 2 aliphatic rings. The number of hydrogen-bond donors (Lipinski definition) is 1. The average Bonchev–Trinajstić information content (AvgIpc) is 2.98. The SMILES string of the molecule is CN=C(NCC(c1ccc(Cl)cc1)N(C)C)N1CCC2(CCC2)C1. The summed E-state index contributed by atoms with van der Waals surface area (Å²) in [5.74, 6) is 1.04. The van der Waals surface area contributed by atoms with Gasteiger partial charge in [-0.3, -0.25) is 4.99 Å². The molecule has 1 spiro atoms. The molecule has 1 aromatic carbocycles. The van der Waals surface area contributed by atoms with Crippen LogP contribution in [0.25, 0.3) is 0 Å². The standard InChI is InChI=1S/C19H29ClN4/c1-21-18(24-12-11-19(14-24)9-4-10-19)22-13-17(23(2)3)15-5-7-16(20)8-6-15/h5-8,17H,4,9-14H2,1-3H3,(H,21,22). The van der Waals surface area contributed by atoms with Crippen molar-refractivity contribution in [1.29, 1.82) is 0 Å². The topological polar surface area (TPSA) is 30.9 Å². The van der Waals surface area contributed by atoms with Crippen LogP contribution in [0.5, 0.6) is 0 Å². The van der Waals surface area contributed by atoms with Crippen molar-refractivity contribution in [3.05, 3.63) is 34.9 Å². The van der Waals surface area contributed by atoms with Gasteiger partial charge in [-0.1, -0.05) is 30.2 Å². The molecule has 2 fully saturated rings. The molecule has 0 radical (unpaired) electrons. The summed E-state index contributed by atoms with van der Waals surface area (Å²) in [6, 6.07) is 8.43. The minimum atomic E-state index is 0.291. The summed E-state index contributed by atoms with van der Waals surface area (Å²) >= 11 is 6.02. The van der Waals surface area contributed by atoms with Crippen LogP contribution in [0.4, 0.5) is 0 Å². The van der Waals surface area contributed by atoms with E-state index in [1.807, 2.05) is 19.2 Å². The van der Waals surface area contributed by atoms with Crippen LogP contribution in [0.2, 0.25) is 5.02 Å². The predicted molar refractivity (Wildman–Crippen MR) is 102 cm³/mol. The maximum atomic E-state index is 6.02. The van der Waals surface area contributed by atoms with E-state index < -0.39 is 0 Å². The van der Waals surface area contributed by atoms with Gasteiger partial charge in [0.1, 0.15) is 0 Å². The first-order valence-electron chi connectivity index (χ1n) is 8.90. The van der Waals surface area contributed by atoms with Crippen molar-refractivity contribution in [2.45, 2.75) is 31.7 Å². The van der Waals surface area contributed by atoms with Crippen LogP contribution in [-0.4, -0.2) is 56.5 Å². The van der Waals surface area contributed by atoms with Gasteiger partial charge in [0.2, 0.25) is 0 Å². The van der Waals surface area contributed by atoms with Gasteiger partial charge in [0, 0.05) is 31.7 Å². The first kappa shape index (κ1) is 17.6. The minimum Gasteiger partial charge on any atom is -0.354 e. The first-order valence-corrected chi connectivity index (χ1v) is 9.28. The smallest absolute Gasteiger partial charge is 0.193 e. The number of nitrogens with one attached hydrogen (secondary N) is 1. The summed E-state index contributed by atoms with van der Waals surface area (Å²) in [4.78, 5) is 9.20. The van der Waals surface area contributed by atoms with Crippen molar-refractivity contribution in [2.24, 2.45) is 10.4 Å². The third kappa shape index (κ3) is 3.70. The Hall–Kier alpha value is -1.26. The van der Waals surface area contributed by atoms with Crippen LogP contribution in [0, 0.1) is 5.41 Å². The Morgan fingerprint density at radius 3 is 2.50 bits per heavy atom. The van der Waals surface area contributed by atoms with E-state index in [4.69, 9.17) is 11.6 Å². The summed E-state index contributed by atoms with van der Waals surface area (Å²) in [5.41, 5.74) is 1.86. The highest BCUT2D eigenvalue weighted by atomic mass is 35.5. The second kappa shape index (κ2) is 7.32. The summed E-state index contributed by atoms with van der Waals surface area (Å²) in [7, 11) is 6.12. The molecule has 3 rings (SSSR count). The molecule has 1 N–H and O–H groups in total. The van der Waals surface area contributed by atoms with Gasteiger partial charge in [-0.25, -0.2) is 0 Å². The van der Waals surface area contributed by atoms with Gasteiger partial charge in [-0.05, 0) is 56.5 Å². The average molecular weight is 349 g/mol. The molecule has 4 nitrogen and oxygen atoms in total. The normalized spacial score (nSPS) is 21.2. The van der Waals surface area contributed by atoms with E-state index in [0.29, 0.717) is 11.5 Å². The van der Waals surface area contributed by atoms with E-state index in [1.165, 1.54) is 37.8 Å². The number of halogens is 1. The van der Waals surface area contributed by atoms with Crippen molar-refractivity contribution < 1.29 is 0 Å². The lowest BCUT2D eigenvalue weighted by Crippen LogP contribution is -2.45. The molecule has 24 heavy (non-hydrogen) atoms. The Morgan fingerprint density at radius 1 is 1.29 bits per heavy atom. The lowest BCUT2D eigenvalue weighted by Gasteiger charge is -2.38. The monoisotopic (exact) mass is 348 g/mol. The quantitative estimate of drug-likeness (QED) is 0.668. The number of benzene rings is 1. The van der Waals surface area contributed by atoms with Crippen LogP contribution >= 0.6 is 11.6 Å². The number of rotatable bonds is 4. The van der Waals surface area contributed by atoms with Gasteiger partial charge < -0.3 is 15.1 Å². The second-order valence-corrected chi connectivity index (χ2v) is 7.92. The van der Waals surface area contributed by atoms with Crippen molar-refractivity contribution in [1.82, 2.24) is 15.1 Å². The summed E-state index contributed by atoms with van der Waals surface area (Å²) in [5, 5.41) is 4.37. The van der Waals surface area contributed by atoms with E-state index in [2.05, 4.69) is 46.3 Å². The van der Waals surface area contributed by atoms with E-state index >= 15 is 0 Å². The first-order chi connectivity index (χ1) is 11.5. The molecular formula is C19H29ClN4. The van der Waals surface area contributed by atoms with Gasteiger partial charge >= 0.3 is 0 Å². The highest BCUT2D eigenvalue weighted by Crippen LogP contribution is 2.47. The molecule has 1 saturated heterocycles. The third-order valence-electron chi connectivity index (χ3n) is 5.70. The van der Waals surface area contributed by atoms with Gasteiger partial charge in [-0.15, -0.1) is 0 Å². The van der Waals surface area contributed by atoms with Crippen molar-refractivity contribution in [3.8, 4) is 0 Å². The molecule has 1 saturated carbocycles. The van der Waals surface area contributed by atoms with Crippen LogP contribution in [0.1, 0.15) is 37.3 Å². The predicted octanol–water partition coefficient (Wildman–Crippen LogP) is 3.39. The van der Waals surface area contributed by atoms with Gasteiger partial charge in [0.05, 0.1) is 6.04 Å². The molecule has 1 aliphatic carbocycles. The maximum absolute atomic E-state index is 6.02. The van der Waals surface area contributed by atoms with E-state index in [9.17, 15) is 0 Å². The molecular weight excluding hydrogens is 320 g/mol. The number of hydrogen-bond acceptors (Lipinski definition) is 2. The molecule has 1 aromatic rings. The molecule has 1 heterocycles. The van der Waals surface area contributed by atoms with Gasteiger partial charge in [0.25, 0.3) is 0 Å². The largest absolute Gasteiger partial charge is 0.354 e. The van der Waals surface area contributed by atoms with E-state index in [1.54, 1.807) is 0 Å². The summed E-state index contributed by atoms with van der Waals surface area (Å²) < 4.78 is 0. The van der Waals surface area contributed by atoms with E-state index in [-0.39, 0.29) is 0 Å². The molecule has 132 valence electrons. The fourth-order valence-corrected chi connectivity index (χ4v) is 4.13. The Bertz CT molecular complexity index is 578. The Morgan fingerprint density at radius 2 is 2.00 bits per heavy atom. The molecule has 5 heteroatoms. The fourth-order valence-electron chi connectivity index (χ4n) is 4.00. The number of likely N-dealkylation sites (tertiary alicyclic amines) is 1. The fraction of sp³-hybridized carbons (Fsp3) is 0.632. The Kier molecular flexibility index (Phi) is 5.36. The summed E-state index contributed by atoms with van der Waals surface area (Å²) in [6.45, 7) is 3.14. The Labute approximate surface area is 150 Å². The van der Waals surface area contributed by atoms with Crippen LogP contribution in [0.3, 0.4) is 0 Å². The van der Waals surface area contributed by atoms with Crippen molar-refractivity contribution in [2.75, 3.05) is 40.8 Å². The highest BCUT2D eigenvalue weighted by molar-refractivity contribution is 6.30. The number of aliphatic imine (C=N–C) groups is 1. The minimum absolute atomic E-state index is 0.291.